The second-order valence-electron chi connectivity index (χ2n) is 11.3. The zero-order valence-electron chi connectivity index (χ0n) is 29.5. The number of esters is 1. The number of rotatable bonds is 23. The van der Waals surface area contributed by atoms with E-state index in [9.17, 15) is 19.5 Å². The zero-order chi connectivity index (χ0) is 36.2. The van der Waals surface area contributed by atoms with E-state index in [1.807, 2.05) is 36.5 Å². The third-order valence-corrected chi connectivity index (χ3v) is 7.22. The van der Waals surface area contributed by atoms with Crippen LogP contribution in [0.4, 0.5) is 0 Å². The lowest BCUT2D eigenvalue weighted by atomic mass is 10.1. The average molecular weight is 679 g/mol. The number of allylic oxidation sites excluding steroid dienone is 13. The molecule has 0 radical (unpaired) electrons. The number of hydrogen-bond donors (Lipinski definition) is 1. The standard InChI is InChI=1S/C43H50O7/c1-4-5-6-7-8-9-10-11-12-13-14-15-16-17-18-19-20-21-22-23-43(47)50-40-31-27-36(33-42(40)49-3)25-29-38(45)34-37(44)28-24-35-26-30-39(46)41(32-35)48-2/h12-33,46H,4-11,34H2,1-3H3/b13-12+,15-14+,17-16+,19-18+,21-20+,23-22+,28-24+,29-25+. The van der Waals surface area contributed by atoms with E-state index < -0.39 is 5.97 Å². The Balaban J connectivity index is 1.73. The van der Waals surface area contributed by atoms with Gasteiger partial charge < -0.3 is 19.3 Å². The largest absolute Gasteiger partial charge is 0.504 e. The van der Waals surface area contributed by atoms with Crippen molar-refractivity contribution in [3.05, 3.63) is 133 Å². The van der Waals surface area contributed by atoms with Gasteiger partial charge in [0, 0.05) is 6.08 Å². The maximum atomic E-state index is 12.3. The van der Waals surface area contributed by atoms with Crippen LogP contribution >= 0.6 is 0 Å². The molecule has 2 rings (SSSR count). The second kappa shape index (κ2) is 25.6. The molecule has 0 unspecified atom stereocenters. The first-order valence-electron chi connectivity index (χ1n) is 17.0. The number of ketones is 2. The van der Waals surface area contributed by atoms with Crippen LogP contribution in [0.1, 0.15) is 75.8 Å². The van der Waals surface area contributed by atoms with Gasteiger partial charge in [0.05, 0.1) is 20.6 Å². The molecule has 264 valence electrons. The Kier molecular flexibility index (Phi) is 20.8. The van der Waals surface area contributed by atoms with Crippen LogP contribution in [0.15, 0.2) is 121 Å². The number of phenolic OH excluding ortho intramolecular Hbond substituents is 1. The highest BCUT2D eigenvalue weighted by Crippen LogP contribution is 2.29. The van der Waals surface area contributed by atoms with Gasteiger partial charge >= 0.3 is 5.97 Å². The molecule has 0 fully saturated rings. The van der Waals surface area contributed by atoms with Crippen molar-refractivity contribution in [2.45, 2.75) is 64.7 Å². The molecule has 0 heterocycles. The van der Waals surface area contributed by atoms with E-state index in [2.05, 4.69) is 19.1 Å². The molecule has 2 aromatic carbocycles. The van der Waals surface area contributed by atoms with Gasteiger partial charge in [0.1, 0.15) is 0 Å². The molecule has 0 aliphatic rings. The lowest BCUT2D eigenvalue weighted by Gasteiger charge is -2.08. The van der Waals surface area contributed by atoms with Crippen molar-refractivity contribution in [3.8, 4) is 23.0 Å². The summed E-state index contributed by atoms with van der Waals surface area (Å²) in [6, 6.07) is 9.52. The Morgan fingerprint density at radius 3 is 1.72 bits per heavy atom. The van der Waals surface area contributed by atoms with Crippen LogP contribution < -0.4 is 14.2 Å². The fraction of sp³-hybridized carbons (Fsp3) is 0.279. The first-order valence-corrected chi connectivity index (χ1v) is 17.0. The molecule has 2 aromatic rings. The minimum Gasteiger partial charge on any atom is -0.504 e. The van der Waals surface area contributed by atoms with Gasteiger partial charge in [-0.2, -0.15) is 0 Å². The summed E-state index contributed by atoms with van der Waals surface area (Å²) >= 11 is 0. The summed E-state index contributed by atoms with van der Waals surface area (Å²) < 4.78 is 15.8. The first-order chi connectivity index (χ1) is 24.4. The molecular weight excluding hydrogens is 628 g/mol. The van der Waals surface area contributed by atoms with Gasteiger partial charge in [-0.05, 0) is 60.4 Å². The molecule has 0 aliphatic heterocycles. The quantitative estimate of drug-likeness (QED) is 0.0312. The van der Waals surface area contributed by atoms with E-state index in [1.165, 1.54) is 83.5 Å². The molecule has 50 heavy (non-hydrogen) atoms. The highest BCUT2D eigenvalue weighted by atomic mass is 16.6. The zero-order valence-corrected chi connectivity index (χ0v) is 29.5. The van der Waals surface area contributed by atoms with Crippen LogP contribution in [-0.2, 0) is 14.4 Å². The lowest BCUT2D eigenvalue weighted by Crippen LogP contribution is -2.05. The fourth-order valence-corrected chi connectivity index (χ4v) is 4.52. The molecule has 0 saturated heterocycles. The number of aromatic hydroxyl groups is 1. The van der Waals surface area contributed by atoms with Crippen LogP contribution in [0.5, 0.6) is 23.0 Å². The molecule has 7 nitrogen and oxygen atoms in total. The fourth-order valence-electron chi connectivity index (χ4n) is 4.52. The van der Waals surface area contributed by atoms with Crippen LogP contribution in [0.25, 0.3) is 12.2 Å². The van der Waals surface area contributed by atoms with E-state index in [0.29, 0.717) is 16.9 Å². The van der Waals surface area contributed by atoms with Crippen molar-refractivity contribution >= 4 is 29.7 Å². The molecule has 7 heteroatoms. The summed E-state index contributed by atoms with van der Waals surface area (Å²) in [5.41, 5.74) is 1.27. The van der Waals surface area contributed by atoms with Crippen molar-refractivity contribution in [1.29, 1.82) is 0 Å². The predicted octanol–water partition coefficient (Wildman–Crippen LogP) is 10.0. The SMILES string of the molecule is CCCCCCCCC/C=C/C=C/C=C/C=C/C=C/C=C/C(=O)Oc1ccc(/C=C/C(=O)CC(=O)/C=C/c2ccc(O)c(OC)c2)cc1OC. The molecule has 0 atom stereocenters. The monoisotopic (exact) mass is 678 g/mol. The van der Waals surface area contributed by atoms with Crippen molar-refractivity contribution in [2.24, 2.45) is 0 Å². The molecule has 0 saturated carbocycles. The highest BCUT2D eigenvalue weighted by molar-refractivity contribution is 6.10. The summed E-state index contributed by atoms with van der Waals surface area (Å²) in [6.07, 6.45) is 38.2. The molecule has 0 amide bonds. The van der Waals surface area contributed by atoms with Gasteiger partial charge in [-0.1, -0.05) is 137 Å². The Hall–Kier alpha value is -5.43. The Morgan fingerprint density at radius 2 is 1.12 bits per heavy atom. The van der Waals surface area contributed by atoms with Crippen molar-refractivity contribution in [3.63, 3.8) is 0 Å². The summed E-state index contributed by atoms with van der Waals surface area (Å²) in [6.45, 7) is 2.25. The number of methoxy groups -OCH3 is 2. The van der Waals surface area contributed by atoms with Crippen molar-refractivity contribution in [1.82, 2.24) is 0 Å². The normalized spacial score (nSPS) is 12.3. The van der Waals surface area contributed by atoms with Gasteiger partial charge in [-0.3, -0.25) is 9.59 Å². The predicted molar refractivity (Wildman–Crippen MR) is 203 cm³/mol. The maximum Gasteiger partial charge on any atom is 0.336 e. The smallest absolute Gasteiger partial charge is 0.336 e. The van der Waals surface area contributed by atoms with E-state index >= 15 is 0 Å². The van der Waals surface area contributed by atoms with Gasteiger partial charge in [0.2, 0.25) is 0 Å². The van der Waals surface area contributed by atoms with Crippen molar-refractivity contribution in [2.75, 3.05) is 14.2 Å². The first kappa shape index (κ1) is 40.7. The van der Waals surface area contributed by atoms with Gasteiger partial charge in [-0.15, -0.1) is 0 Å². The average Bonchev–Trinajstić information content (AvgIpc) is 3.11. The Labute approximate surface area is 297 Å². The number of benzene rings is 2. The van der Waals surface area contributed by atoms with Gasteiger partial charge in [-0.25, -0.2) is 4.79 Å². The molecule has 0 aromatic heterocycles. The van der Waals surface area contributed by atoms with E-state index in [1.54, 1.807) is 60.7 Å². The Morgan fingerprint density at radius 1 is 0.600 bits per heavy atom. The lowest BCUT2D eigenvalue weighted by molar-refractivity contribution is -0.129. The van der Waals surface area contributed by atoms with E-state index in [4.69, 9.17) is 14.2 Å². The molecule has 0 aliphatic carbocycles. The molecule has 0 spiro atoms. The number of carbonyl (C=O) groups is 3. The van der Waals surface area contributed by atoms with Crippen LogP contribution in [0.3, 0.4) is 0 Å². The van der Waals surface area contributed by atoms with E-state index in [-0.39, 0.29) is 35.2 Å². The van der Waals surface area contributed by atoms with Gasteiger partial charge in [0.25, 0.3) is 0 Å². The summed E-state index contributed by atoms with van der Waals surface area (Å²) in [5.74, 6) is -0.505. The molecule has 1 N–H and O–H groups in total. The van der Waals surface area contributed by atoms with Crippen LogP contribution in [-0.4, -0.2) is 36.9 Å². The third-order valence-electron chi connectivity index (χ3n) is 7.22. The number of phenols is 1. The maximum absolute atomic E-state index is 12.3. The van der Waals surface area contributed by atoms with Crippen molar-refractivity contribution < 1.29 is 33.7 Å². The van der Waals surface area contributed by atoms with Crippen LogP contribution in [0.2, 0.25) is 0 Å². The molecular formula is C43H50O7. The second-order valence-corrected chi connectivity index (χ2v) is 11.3. The summed E-state index contributed by atoms with van der Waals surface area (Å²) in [5, 5.41) is 9.68. The number of unbranched alkanes of at least 4 members (excludes halogenated alkanes) is 7. The topological polar surface area (TPSA) is 99.1 Å². The molecule has 0 bridgehead atoms. The minimum absolute atomic E-state index is 0.00684. The number of carbonyl (C=O) groups excluding carboxylic acids is 3. The van der Waals surface area contributed by atoms with Crippen LogP contribution in [0, 0.1) is 0 Å². The Bertz CT molecular complexity index is 1600. The number of ether oxygens (including phenoxy) is 3. The van der Waals surface area contributed by atoms with E-state index in [0.717, 1.165) is 6.42 Å². The third kappa shape index (κ3) is 18.2. The summed E-state index contributed by atoms with van der Waals surface area (Å²) in [4.78, 5) is 36.9. The van der Waals surface area contributed by atoms with Gasteiger partial charge in [0.15, 0.2) is 34.6 Å². The summed E-state index contributed by atoms with van der Waals surface area (Å²) in [7, 11) is 2.88. The highest BCUT2D eigenvalue weighted by Gasteiger charge is 2.09. The number of hydrogen-bond acceptors (Lipinski definition) is 7. The minimum atomic E-state index is -0.572.